The standard InChI is InChI=1S/C26H27N3O3/c1-17-15-18(2)23(19(3)16-17)28-22(30)12-8-14-29-25-21(11-7-13-27-25)32-24(26(29)31)20-9-5-4-6-10-20/h4-7,9-11,13,15-16,24H,8,12,14H2,1-3H3,(H,28,30). The number of nitrogens with zero attached hydrogens (tertiary/aromatic N) is 2. The molecular weight excluding hydrogens is 402 g/mol. The Morgan fingerprint density at radius 3 is 2.50 bits per heavy atom. The quantitative estimate of drug-likeness (QED) is 0.605. The molecule has 0 saturated carbocycles. The zero-order valence-corrected chi connectivity index (χ0v) is 18.6. The van der Waals surface area contributed by atoms with Crippen LogP contribution in [0, 0.1) is 20.8 Å². The second-order valence-corrected chi connectivity index (χ2v) is 8.15. The highest BCUT2D eigenvalue weighted by Crippen LogP contribution is 2.37. The molecule has 4 rings (SSSR count). The first-order valence-corrected chi connectivity index (χ1v) is 10.8. The van der Waals surface area contributed by atoms with Gasteiger partial charge in [0.05, 0.1) is 0 Å². The second kappa shape index (κ2) is 9.22. The molecule has 6 heteroatoms. The minimum atomic E-state index is -0.723. The van der Waals surface area contributed by atoms with Gasteiger partial charge in [0.1, 0.15) is 0 Å². The average Bonchev–Trinajstić information content (AvgIpc) is 2.78. The van der Waals surface area contributed by atoms with E-state index in [-0.39, 0.29) is 11.8 Å². The summed E-state index contributed by atoms with van der Waals surface area (Å²) >= 11 is 0. The van der Waals surface area contributed by atoms with E-state index >= 15 is 0 Å². The largest absolute Gasteiger partial charge is 0.472 e. The Hall–Kier alpha value is -3.67. The lowest BCUT2D eigenvalue weighted by Crippen LogP contribution is -2.42. The Kier molecular flexibility index (Phi) is 6.21. The van der Waals surface area contributed by atoms with Gasteiger partial charge in [0, 0.05) is 30.4 Å². The van der Waals surface area contributed by atoms with Crippen molar-refractivity contribution in [2.75, 3.05) is 16.8 Å². The first-order valence-electron chi connectivity index (χ1n) is 10.8. The molecule has 0 fully saturated rings. The molecule has 6 nitrogen and oxygen atoms in total. The van der Waals surface area contributed by atoms with Gasteiger partial charge in [0.15, 0.2) is 11.6 Å². The number of carbonyl (C=O) groups excluding carboxylic acids is 2. The van der Waals surface area contributed by atoms with Crippen molar-refractivity contribution < 1.29 is 14.3 Å². The summed E-state index contributed by atoms with van der Waals surface area (Å²) in [5.74, 6) is 0.821. The summed E-state index contributed by atoms with van der Waals surface area (Å²) in [5.41, 5.74) is 4.91. The summed E-state index contributed by atoms with van der Waals surface area (Å²) in [6, 6.07) is 17.1. The number of benzene rings is 2. The molecule has 1 aliphatic heterocycles. The van der Waals surface area contributed by atoms with Crippen molar-refractivity contribution in [2.24, 2.45) is 0 Å². The fourth-order valence-corrected chi connectivity index (χ4v) is 4.13. The highest BCUT2D eigenvalue weighted by atomic mass is 16.5. The van der Waals surface area contributed by atoms with Crippen molar-refractivity contribution >= 4 is 23.3 Å². The van der Waals surface area contributed by atoms with Gasteiger partial charge in [-0.15, -0.1) is 0 Å². The molecule has 3 aromatic rings. The maximum atomic E-state index is 13.2. The van der Waals surface area contributed by atoms with Crippen LogP contribution in [0.2, 0.25) is 0 Å². The third kappa shape index (κ3) is 4.49. The predicted molar refractivity (Wildman–Crippen MR) is 125 cm³/mol. The van der Waals surface area contributed by atoms with Crippen molar-refractivity contribution in [1.82, 2.24) is 4.98 Å². The van der Waals surface area contributed by atoms with Crippen molar-refractivity contribution in [1.29, 1.82) is 0 Å². The van der Waals surface area contributed by atoms with Crippen LogP contribution in [0.5, 0.6) is 5.75 Å². The fraction of sp³-hybridized carbons (Fsp3) is 0.269. The van der Waals surface area contributed by atoms with Gasteiger partial charge in [-0.3, -0.25) is 14.5 Å². The third-order valence-electron chi connectivity index (χ3n) is 5.57. The van der Waals surface area contributed by atoms with Crippen molar-refractivity contribution in [3.63, 3.8) is 0 Å². The van der Waals surface area contributed by atoms with E-state index in [9.17, 15) is 9.59 Å². The Labute approximate surface area is 188 Å². The van der Waals surface area contributed by atoms with Crippen LogP contribution in [0.25, 0.3) is 0 Å². The summed E-state index contributed by atoms with van der Waals surface area (Å²) in [5, 5.41) is 3.03. The number of anilines is 2. The summed E-state index contributed by atoms with van der Waals surface area (Å²) in [6.07, 6.45) is 1.73. The van der Waals surface area contributed by atoms with E-state index in [1.165, 1.54) is 5.56 Å². The van der Waals surface area contributed by atoms with Crippen molar-refractivity contribution in [2.45, 2.75) is 39.7 Å². The van der Waals surface area contributed by atoms with Crippen LogP contribution in [0.3, 0.4) is 0 Å². The van der Waals surface area contributed by atoms with Crippen LogP contribution < -0.4 is 15.0 Å². The molecule has 1 atom stereocenters. The summed E-state index contributed by atoms with van der Waals surface area (Å²) in [4.78, 5) is 31.8. The molecule has 0 radical (unpaired) electrons. The molecule has 1 N–H and O–H groups in total. The molecule has 32 heavy (non-hydrogen) atoms. The SMILES string of the molecule is Cc1cc(C)c(NC(=O)CCCN2C(=O)C(c3ccccc3)Oc3cccnc32)c(C)c1. The van der Waals surface area contributed by atoms with Gasteiger partial charge in [0.25, 0.3) is 5.91 Å². The molecule has 0 saturated heterocycles. The van der Waals surface area contributed by atoms with Gasteiger partial charge >= 0.3 is 0 Å². The first kappa shape index (κ1) is 21.6. The van der Waals surface area contributed by atoms with Gasteiger partial charge < -0.3 is 10.1 Å². The molecule has 2 aromatic carbocycles. The summed E-state index contributed by atoms with van der Waals surface area (Å²) in [6.45, 7) is 6.41. The van der Waals surface area contributed by atoms with E-state index < -0.39 is 6.10 Å². The lowest BCUT2D eigenvalue weighted by atomic mass is 10.0. The van der Waals surface area contributed by atoms with Crippen LogP contribution in [0.1, 0.15) is 41.2 Å². The van der Waals surface area contributed by atoms with E-state index in [2.05, 4.69) is 22.4 Å². The zero-order chi connectivity index (χ0) is 22.7. The minimum Gasteiger partial charge on any atom is -0.472 e. The minimum absolute atomic E-state index is 0.0679. The molecule has 2 heterocycles. The number of nitrogens with one attached hydrogen (secondary N) is 1. The van der Waals surface area contributed by atoms with E-state index in [4.69, 9.17) is 4.74 Å². The lowest BCUT2D eigenvalue weighted by molar-refractivity contribution is -0.127. The number of aromatic nitrogens is 1. The van der Waals surface area contributed by atoms with Crippen LogP contribution >= 0.6 is 0 Å². The average molecular weight is 430 g/mol. The topological polar surface area (TPSA) is 71.5 Å². The fourth-order valence-electron chi connectivity index (χ4n) is 4.13. The van der Waals surface area contributed by atoms with Crippen LogP contribution in [0.4, 0.5) is 11.5 Å². The first-order chi connectivity index (χ1) is 15.4. The number of hydrogen-bond acceptors (Lipinski definition) is 4. The number of aryl methyl sites for hydroxylation is 3. The normalized spacial score (nSPS) is 15.2. The van der Waals surface area contributed by atoms with Crippen molar-refractivity contribution in [3.8, 4) is 5.75 Å². The van der Waals surface area contributed by atoms with Gasteiger partial charge in [-0.2, -0.15) is 0 Å². The van der Waals surface area contributed by atoms with Gasteiger partial charge in [-0.1, -0.05) is 48.0 Å². The third-order valence-corrected chi connectivity index (χ3v) is 5.57. The second-order valence-electron chi connectivity index (χ2n) is 8.15. The molecule has 0 spiro atoms. The zero-order valence-electron chi connectivity index (χ0n) is 18.6. The molecule has 1 aliphatic rings. The van der Waals surface area contributed by atoms with E-state index in [1.807, 2.05) is 57.2 Å². The van der Waals surface area contributed by atoms with Crippen molar-refractivity contribution in [3.05, 3.63) is 83.0 Å². The Morgan fingerprint density at radius 2 is 1.78 bits per heavy atom. The van der Waals surface area contributed by atoms with Gasteiger partial charge in [0.2, 0.25) is 12.0 Å². The molecule has 0 aliphatic carbocycles. The number of rotatable bonds is 6. The van der Waals surface area contributed by atoms with Crippen LogP contribution in [-0.2, 0) is 9.59 Å². The molecule has 0 bridgehead atoms. The highest BCUT2D eigenvalue weighted by molar-refractivity contribution is 5.99. The monoisotopic (exact) mass is 429 g/mol. The van der Waals surface area contributed by atoms with E-state index in [1.54, 1.807) is 17.2 Å². The Morgan fingerprint density at radius 1 is 1.06 bits per heavy atom. The molecular formula is C26H27N3O3. The van der Waals surface area contributed by atoms with Crippen LogP contribution in [0.15, 0.2) is 60.8 Å². The molecule has 164 valence electrons. The van der Waals surface area contributed by atoms with E-state index in [0.717, 1.165) is 22.4 Å². The number of ether oxygens (including phenoxy) is 1. The number of hydrogen-bond donors (Lipinski definition) is 1. The highest BCUT2D eigenvalue weighted by Gasteiger charge is 2.36. The Balaban J connectivity index is 1.45. The van der Waals surface area contributed by atoms with E-state index in [0.29, 0.717) is 31.0 Å². The summed E-state index contributed by atoms with van der Waals surface area (Å²) < 4.78 is 5.97. The maximum Gasteiger partial charge on any atom is 0.274 e. The van der Waals surface area contributed by atoms with Gasteiger partial charge in [-0.25, -0.2) is 4.98 Å². The Bertz CT molecular complexity index is 1120. The molecule has 1 unspecified atom stereocenters. The number of carbonyl (C=O) groups is 2. The maximum absolute atomic E-state index is 13.2. The molecule has 1 aromatic heterocycles. The summed E-state index contributed by atoms with van der Waals surface area (Å²) in [7, 11) is 0. The van der Waals surface area contributed by atoms with Gasteiger partial charge in [-0.05, 0) is 50.5 Å². The predicted octanol–water partition coefficient (Wildman–Crippen LogP) is 4.89. The van der Waals surface area contributed by atoms with Crippen LogP contribution in [-0.4, -0.2) is 23.3 Å². The lowest BCUT2D eigenvalue weighted by Gasteiger charge is -2.33. The number of fused-ring (bicyclic) bond motifs is 1. The smallest absolute Gasteiger partial charge is 0.274 e. The number of amides is 2. The molecule has 2 amide bonds. The number of pyridine rings is 1.